The van der Waals surface area contributed by atoms with E-state index in [1.807, 2.05) is 24.3 Å². The van der Waals surface area contributed by atoms with Gasteiger partial charge < -0.3 is 14.8 Å². The molecule has 1 aliphatic rings. The van der Waals surface area contributed by atoms with E-state index in [1.54, 1.807) is 19.5 Å². The summed E-state index contributed by atoms with van der Waals surface area (Å²) in [5.41, 5.74) is 0.930. The minimum atomic E-state index is 0.605. The molecule has 0 radical (unpaired) electrons. The number of nitrogens with zero attached hydrogens (tertiary/aromatic N) is 2. The highest BCUT2D eigenvalue weighted by molar-refractivity contribution is 5.57. The Morgan fingerprint density at radius 1 is 1.20 bits per heavy atom. The van der Waals surface area contributed by atoms with Crippen molar-refractivity contribution in [1.82, 2.24) is 15.3 Å². The van der Waals surface area contributed by atoms with Gasteiger partial charge in [0.15, 0.2) is 11.6 Å². The largest absolute Gasteiger partial charge is 0.497 e. The Kier molecular flexibility index (Phi) is 3.78. The second-order valence-corrected chi connectivity index (χ2v) is 4.81. The third kappa shape index (κ3) is 2.88. The van der Waals surface area contributed by atoms with Crippen molar-refractivity contribution in [2.24, 2.45) is 5.92 Å². The van der Waals surface area contributed by atoms with Gasteiger partial charge in [-0.2, -0.15) is 0 Å². The van der Waals surface area contributed by atoms with Crippen molar-refractivity contribution in [2.45, 2.75) is 0 Å². The van der Waals surface area contributed by atoms with Gasteiger partial charge in [0, 0.05) is 24.6 Å². The fourth-order valence-electron chi connectivity index (χ4n) is 1.98. The second-order valence-electron chi connectivity index (χ2n) is 4.81. The molecule has 1 aromatic heterocycles. The van der Waals surface area contributed by atoms with E-state index < -0.39 is 0 Å². The van der Waals surface area contributed by atoms with Gasteiger partial charge in [0.2, 0.25) is 0 Å². The van der Waals surface area contributed by atoms with Crippen LogP contribution in [-0.2, 0) is 0 Å². The summed E-state index contributed by atoms with van der Waals surface area (Å²) < 4.78 is 10.9. The Bertz CT molecular complexity index is 568. The molecular weight excluding hydrogens is 254 g/mol. The molecule has 0 spiro atoms. The summed E-state index contributed by atoms with van der Waals surface area (Å²) in [4.78, 5) is 8.68. The molecule has 3 rings (SSSR count). The molecule has 0 atom stereocenters. The van der Waals surface area contributed by atoms with Crippen molar-refractivity contribution in [3.05, 3.63) is 36.7 Å². The van der Waals surface area contributed by atoms with Gasteiger partial charge in [-0.1, -0.05) is 12.1 Å². The van der Waals surface area contributed by atoms with Crippen LogP contribution in [0.25, 0.3) is 11.4 Å². The number of rotatable bonds is 5. The highest BCUT2D eigenvalue weighted by Crippen LogP contribution is 2.21. The van der Waals surface area contributed by atoms with Crippen LogP contribution in [-0.4, -0.2) is 36.8 Å². The minimum Gasteiger partial charge on any atom is -0.497 e. The van der Waals surface area contributed by atoms with Crippen molar-refractivity contribution < 1.29 is 9.47 Å². The van der Waals surface area contributed by atoms with Crippen LogP contribution >= 0.6 is 0 Å². The number of hydrogen-bond donors (Lipinski definition) is 1. The lowest BCUT2D eigenvalue weighted by molar-refractivity contribution is 0.198. The number of hydrogen-bond acceptors (Lipinski definition) is 5. The molecule has 1 saturated heterocycles. The zero-order valence-corrected chi connectivity index (χ0v) is 11.4. The zero-order valence-electron chi connectivity index (χ0n) is 11.4. The number of nitrogens with one attached hydrogen (secondary N) is 1. The molecule has 2 heterocycles. The Morgan fingerprint density at radius 3 is 2.65 bits per heavy atom. The smallest absolute Gasteiger partial charge is 0.159 e. The van der Waals surface area contributed by atoms with Crippen molar-refractivity contribution in [3.8, 4) is 22.9 Å². The van der Waals surface area contributed by atoms with E-state index >= 15 is 0 Å². The first kappa shape index (κ1) is 12.9. The fourth-order valence-corrected chi connectivity index (χ4v) is 1.98. The number of benzene rings is 1. The first-order chi connectivity index (χ1) is 9.85. The molecule has 0 bridgehead atoms. The molecule has 1 aliphatic heterocycles. The van der Waals surface area contributed by atoms with Gasteiger partial charge in [-0.05, 0) is 12.1 Å². The molecule has 1 fully saturated rings. The van der Waals surface area contributed by atoms with Gasteiger partial charge in [0.1, 0.15) is 5.75 Å². The molecule has 104 valence electrons. The lowest BCUT2D eigenvalue weighted by Crippen LogP contribution is -2.45. The quantitative estimate of drug-likeness (QED) is 0.898. The zero-order chi connectivity index (χ0) is 13.8. The lowest BCUT2D eigenvalue weighted by Gasteiger charge is -2.26. The average Bonchev–Trinajstić information content (AvgIpc) is 2.46. The van der Waals surface area contributed by atoms with Crippen LogP contribution in [0.4, 0.5) is 0 Å². The molecule has 5 nitrogen and oxygen atoms in total. The van der Waals surface area contributed by atoms with Crippen LogP contribution in [0.3, 0.4) is 0 Å². The highest BCUT2D eigenvalue weighted by Gasteiger charge is 2.17. The molecule has 1 N–H and O–H groups in total. The Labute approximate surface area is 118 Å². The molecule has 5 heteroatoms. The standard InChI is InChI=1S/C15H17N3O2/c1-19-13-4-2-3-12(5-13)15-17-8-14(9-18-15)20-10-11-6-16-7-11/h2-5,8-9,11,16H,6-7,10H2,1H3. The van der Waals surface area contributed by atoms with Crippen LogP contribution in [0, 0.1) is 5.92 Å². The maximum atomic E-state index is 5.66. The lowest BCUT2D eigenvalue weighted by atomic mass is 10.1. The van der Waals surface area contributed by atoms with Gasteiger partial charge >= 0.3 is 0 Å². The van der Waals surface area contributed by atoms with Crippen LogP contribution in [0.1, 0.15) is 0 Å². The van der Waals surface area contributed by atoms with Crippen molar-refractivity contribution >= 4 is 0 Å². The van der Waals surface area contributed by atoms with Gasteiger partial charge in [-0.15, -0.1) is 0 Å². The number of aromatic nitrogens is 2. The van der Waals surface area contributed by atoms with Gasteiger partial charge in [0.25, 0.3) is 0 Å². The summed E-state index contributed by atoms with van der Waals surface area (Å²) in [7, 11) is 1.65. The van der Waals surface area contributed by atoms with Gasteiger partial charge in [0.05, 0.1) is 26.1 Å². The SMILES string of the molecule is COc1cccc(-c2ncc(OCC3CNC3)cn2)c1. The highest BCUT2D eigenvalue weighted by atomic mass is 16.5. The molecule has 0 amide bonds. The predicted octanol–water partition coefficient (Wildman–Crippen LogP) is 1.75. The Balaban J connectivity index is 1.68. The van der Waals surface area contributed by atoms with E-state index in [4.69, 9.17) is 9.47 Å². The van der Waals surface area contributed by atoms with Crippen LogP contribution in [0.15, 0.2) is 36.7 Å². The minimum absolute atomic E-state index is 0.605. The first-order valence-corrected chi connectivity index (χ1v) is 6.65. The molecule has 0 saturated carbocycles. The topological polar surface area (TPSA) is 56.3 Å². The predicted molar refractivity (Wildman–Crippen MR) is 75.9 cm³/mol. The van der Waals surface area contributed by atoms with Crippen LogP contribution in [0.2, 0.25) is 0 Å². The molecule has 1 aromatic carbocycles. The van der Waals surface area contributed by atoms with Crippen LogP contribution in [0.5, 0.6) is 11.5 Å². The third-order valence-electron chi connectivity index (χ3n) is 3.31. The van der Waals surface area contributed by atoms with Crippen LogP contribution < -0.4 is 14.8 Å². The van der Waals surface area contributed by atoms with E-state index in [-0.39, 0.29) is 0 Å². The summed E-state index contributed by atoms with van der Waals surface area (Å²) in [5, 5.41) is 3.22. The number of ether oxygens (including phenoxy) is 2. The summed E-state index contributed by atoms with van der Waals surface area (Å²) in [6, 6.07) is 7.69. The van der Waals surface area contributed by atoms with E-state index in [0.717, 1.165) is 31.0 Å². The van der Waals surface area contributed by atoms with E-state index in [0.29, 0.717) is 17.5 Å². The molecule has 20 heavy (non-hydrogen) atoms. The molecule has 0 unspecified atom stereocenters. The van der Waals surface area contributed by atoms with Gasteiger partial charge in [-0.25, -0.2) is 9.97 Å². The summed E-state index contributed by atoms with van der Waals surface area (Å²) >= 11 is 0. The monoisotopic (exact) mass is 271 g/mol. The maximum Gasteiger partial charge on any atom is 0.159 e. The first-order valence-electron chi connectivity index (χ1n) is 6.65. The van der Waals surface area contributed by atoms with Crippen molar-refractivity contribution in [1.29, 1.82) is 0 Å². The fraction of sp³-hybridized carbons (Fsp3) is 0.333. The molecule has 0 aliphatic carbocycles. The molecule has 2 aromatic rings. The Hall–Kier alpha value is -2.14. The summed E-state index contributed by atoms with van der Waals surface area (Å²) in [6.45, 7) is 2.78. The normalized spacial score (nSPS) is 14.7. The van der Waals surface area contributed by atoms with E-state index in [1.165, 1.54) is 0 Å². The Morgan fingerprint density at radius 2 is 2.00 bits per heavy atom. The van der Waals surface area contributed by atoms with Crippen molar-refractivity contribution in [3.63, 3.8) is 0 Å². The second kappa shape index (κ2) is 5.88. The number of methoxy groups -OCH3 is 1. The van der Waals surface area contributed by atoms with Gasteiger partial charge in [-0.3, -0.25) is 0 Å². The van der Waals surface area contributed by atoms with E-state index in [9.17, 15) is 0 Å². The maximum absolute atomic E-state index is 5.66. The summed E-state index contributed by atoms with van der Waals surface area (Å²) in [6.07, 6.45) is 3.43. The van der Waals surface area contributed by atoms with Crippen molar-refractivity contribution in [2.75, 3.05) is 26.8 Å². The summed E-state index contributed by atoms with van der Waals surface area (Å²) in [5.74, 6) is 2.78. The third-order valence-corrected chi connectivity index (χ3v) is 3.31. The molecular formula is C15H17N3O2. The van der Waals surface area contributed by atoms with E-state index in [2.05, 4.69) is 15.3 Å². The average molecular weight is 271 g/mol.